The largest absolute Gasteiger partial charge is 0.497 e. The highest BCUT2D eigenvalue weighted by molar-refractivity contribution is 7.17. The van der Waals surface area contributed by atoms with Crippen LogP contribution in [-0.4, -0.2) is 23.0 Å². The van der Waals surface area contributed by atoms with Crippen molar-refractivity contribution in [3.8, 4) is 16.9 Å². The maximum absolute atomic E-state index is 12.4. The van der Waals surface area contributed by atoms with Crippen LogP contribution in [0.1, 0.15) is 12.2 Å². The van der Waals surface area contributed by atoms with Crippen LogP contribution in [-0.2, 0) is 6.42 Å². The summed E-state index contributed by atoms with van der Waals surface area (Å²) in [6.07, 6.45) is 1.48. The maximum Gasteiger partial charge on any atom is 0.260 e. The summed E-state index contributed by atoms with van der Waals surface area (Å²) in [6, 6.07) is 7.66. The number of benzene rings is 1. The van der Waals surface area contributed by atoms with Crippen LogP contribution in [0.5, 0.6) is 5.75 Å². The lowest BCUT2D eigenvalue weighted by atomic mass is 10.1. The zero-order valence-electron chi connectivity index (χ0n) is 12.1. The molecule has 22 heavy (non-hydrogen) atoms. The molecule has 2 aromatic heterocycles. The molecule has 0 radical (unpaired) electrons. The average Bonchev–Trinajstić information content (AvgIpc) is 2.97. The van der Waals surface area contributed by atoms with Gasteiger partial charge in [-0.25, -0.2) is 4.98 Å². The maximum atomic E-state index is 12.4. The van der Waals surface area contributed by atoms with E-state index in [1.165, 1.54) is 11.3 Å². The fourth-order valence-electron chi connectivity index (χ4n) is 2.33. The van der Waals surface area contributed by atoms with Gasteiger partial charge in [0.25, 0.3) is 5.56 Å². The first-order chi connectivity index (χ1) is 10.7. The zero-order chi connectivity index (χ0) is 15.5. The molecular formula is C16H15ClN2O2S. The van der Waals surface area contributed by atoms with Gasteiger partial charge in [0.1, 0.15) is 16.4 Å². The second-order valence-corrected chi connectivity index (χ2v) is 6.10. The van der Waals surface area contributed by atoms with Crippen molar-refractivity contribution >= 4 is 33.2 Å². The summed E-state index contributed by atoms with van der Waals surface area (Å²) in [5, 5.41) is 2.62. The molecule has 0 bridgehead atoms. The summed E-state index contributed by atoms with van der Waals surface area (Å²) in [7, 11) is 1.63. The quantitative estimate of drug-likeness (QED) is 0.721. The number of halogens is 1. The van der Waals surface area contributed by atoms with Crippen LogP contribution >= 0.6 is 22.9 Å². The molecule has 2 heterocycles. The van der Waals surface area contributed by atoms with Gasteiger partial charge in [-0.1, -0.05) is 12.1 Å². The van der Waals surface area contributed by atoms with Gasteiger partial charge >= 0.3 is 0 Å². The van der Waals surface area contributed by atoms with Crippen LogP contribution in [0.25, 0.3) is 21.3 Å². The lowest BCUT2D eigenvalue weighted by Gasteiger charge is -2.03. The van der Waals surface area contributed by atoms with Crippen LogP contribution in [0.3, 0.4) is 0 Å². The number of thiophene rings is 1. The van der Waals surface area contributed by atoms with Crippen molar-refractivity contribution in [2.24, 2.45) is 0 Å². The Labute approximate surface area is 136 Å². The highest BCUT2D eigenvalue weighted by atomic mass is 35.5. The summed E-state index contributed by atoms with van der Waals surface area (Å²) in [5.41, 5.74) is 1.79. The van der Waals surface area contributed by atoms with Crippen molar-refractivity contribution in [3.63, 3.8) is 0 Å². The third-order valence-electron chi connectivity index (χ3n) is 3.44. The van der Waals surface area contributed by atoms with E-state index in [-0.39, 0.29) is 5.56 Å². The Morgan fingerprint density at radius 2 is 2.09 bits per heavy atom. The van der Waals surface area contributed by atoms with Crippen molar-refractivity contribution in [1.82, 2.24) is 9.97 Å². The highest BCUT2D eigenvalue weighted by Crippen LogP contribution is 2.31. The SMILES string of the molecule is COc1ccc(-c2csc3nc(CCCCl)[nH]c(=O)c23)cc1. The van der Waals surface area contributed by atoms with E-state index in [1.807, 2.05) is 29.6 Å². The molecule has 0 spiro atoms. The summed E-state index contributed by atoms with van der Waals surface area (Å²) in [4.78, 5) is 20.6. The van der Waals surface area contributed by atoms with Crippen LogP contribution < -0.4 is 10.3 Å². The number of hydrogen-bond donors (Lipinski definition) is 1. The number of methoxy groups -OCH3 is 1. The topological polar surface area (TPSA) is 55.0 Å². The number of rotatable bonds is 5. The number of aromatic amines is 1. The van der Waals surface area contributed by atoms with Gasteiger partial charge in [-0.05, 0) is 24.1 Å². The van der Waals surface area contributed by atoms with E-state index in [4.69, 9.17) is 16.3 Å². The molecule has 0 atom stereocenters. The lowest BCUT2D eigenvalue weighted by molar-refractivity contribution is 0.415. The van der Waals surface area contributed by atoms with Crippen molar-refractivity contribution in [3.05, 3.63) is 45.8 Å². The number of nitrogens with zero attached hydrogens (tertiary/aromatic N) is 1. The summed E-state index contributed by atoms with van der Waals surface area (Å²) < 4.78 is 5.16. The first-order valence-electron chi connectivity index (χ1n) is 6.93. The standard InChI is InChI=1S/C16H15ClN2O2S/c1-21-11-6-4-10(5-7-11)12-9-22-16-14(12)15(20)18-13(19-16)3-2-8-17/h4-7,9H,2-3,8H2,1H3,(H,18,19,20). The molecule has 4 nitrogen and oxygen atoms in total. The second-order valence-electron chi connectivity index (χ2n) is 4.86. The van der Waals surface area contributed by atoms with Gasteiger partial charge in [-0.2, -0.15) is 0 Å². The number of nitrogens with one attached hydrogen (secondary N) is 1. The van der Waals surface area contributed by atoms with Crippen molar-refractivity contribution in [1.29, 1.82) is 0 Å². The molecule has 1 N–H and O–H groups in total. The van der Waals surface area contributed by atoms with Crippen LogP contribution in [0, 0.1) is 0 Å². The molecule has 6 heteroatoms. The van der Waals surface area contributed by atoms with Gasteiger partial charge < -0.3 is 9.72 Å². The zero-order valence-corrected chi connectivity index (χ0v) is 13.6. The van der Waals surface area contributed by atoms with Crippen LogP contribution in [0.15, 0.2) is 34.4 Å². The van der Waals surface area contributed by atoms with E-state index in [2.05, 4.69) is 9.97 Å². The Bertz CT molecular complexity index is 839. The number of aryl methyl sites for hydroxylation is 1. The fourth-order valence-corrected chi connectivity index (χ4v) is 3.43. The first kappa shape index (κ1) is 15.1. The minimum Gasteiger partial charge on any atom is -0.497 e. The second kappa shape index (κ2) is 6.50. The summed E-state index contributed by atoms with van der Waals surface area (Å²) >= 11 is 7.18. The molecule has 0 aliphatic heterocycles. The number of aromatic nitrogens is 2. The minimum absolute atomic E-state index is 0.0957. The molecule has 1 aromatic carbocycles. The predicted molar refractivity (Wildman–Crippen MR) is 91.3 cm³/mol. The van der Waals surface area contributed by atoms with Crippen LogP contribution in [0.2, 0.25) is 0 Å². The molecule has 3 rings (SSSR count). The van der Waals surface area contributed by atoms with Gasteiger partial charge in [0.2, 0.25) is 0 Å². The molecular weight excluding hydrogens is 320 g/mol. The molecule has 3 aromatic rings. The smallest absolute Gasteiger partial charge is 0.260 e. The third kappa shape index (κ3) is 2.87. The van der Waals surface area contributed by atoms with E-state index >= 15 is 0 Å². The Kier molecular flexibility index (Phi) is 4.45. The Balaban J connectivity index is 2.06. The molecule has 0 saturated carbocycles. The van der Waals surface area contributed by atoms with Crippen molar-refractivity contribution in [2.45, 2.75) is 12.8 Å². The number of fused-ring (bicyclic) bond motifs is 1. The van der Waals surface area contributed by atoms with Crippen molar-refractivity contribution < 1.29 is 4.74 Å². The predicted octanol–water partition coefficient (Wildman–Crippen LogP) is 3.83. The molecule has 0 saturated heterocycles. The number of alkyl halides is 1. The lowest BCUT2D eigenvalue weighted by Crippen LogP contribution is -2.11. The van der Waals surface area contributed by atoms with E-state index in [0.29, 0.717) is 23.5 Å². The number of H-pyrrole nitrogens is 1. The third-order valence-corrected chi connectivity index (χ3v) is 4.58. The summed E-state index contributed by atoms with van der Waals surface area (Å²) in [5.74, 6) is 2.04. The monoisotopic (exact) mass is 334 g/mol. The normalized spacial score (nSPS) is 11.0. The Morgan fingerprint density at radius 3 is 2.77 bits per heavy atom. The van der Waals surface area contributed by atoms with Crippen molar-refractivity contribution in [2.75, 3.05) is 13.0 Å². The highest BCUT2D eigenvalue weighted by Gasteiger charge is 2.12. The Hall–Kier alpha value is -1.85. The minimum atomic E-state index is -0.0957. The molecule has 0 unspecified atom stereocenters. The summed E-state index contributed by atoms with van der Waals surface area (Å²) in [6.45, 7) is 0. The van der Waals surface area contributed by atoms with E-state index in [1.54, 1.807) is 7.11 Å². The van der Waals surface area contributed by atoms with Crippen LogP contribution in [0.4, 0.5) is 0 Å². The van der Waals surface area contributed by atoms with Gasteiger partial charge in [-0.15, -0.1) is 22.9 Å². The Morgan fingerprint density at radius 1 is 1.32 bits per heavy atom. The molecule has 114 valence electrons. The van der Waals surface area contributed by atoms with E-state index in [0.717, 1.165) is 28.1 Å². The number of ether oxygens (including phenoxy) is 1. The molecule has 0 aliphatic rings. The molecule has 0 fully saturated rings. The van der Waals surface area contributed by atoms with Gasteiger partial charge in [0.15, 0.2) is 0 Å². The van der Waals surface area contributed by atoms with Gasteiger partial charge in [0, 0.05) is 23.2 Å². The fraction of sp³-hybridized carbons (Fsp3) is 0.250. The van der Waals surface area contributed by atoms with E-state index in [9.17, 15) is 4.79 Å². The van der Waals surface area contributed by atoms with Gasteiger partial charge in [0.05, 0.1) is 12.5 Å². The van der Waals surface area contributed by atoms with Gasteiger partial charge in [-0.3, -0.25) is 4.79 Å². The average molecular weight is 335 g/mol. The molecule has 0 aliphatic carbocycles. The number of hydrogen-bond acceptors (Lipinski definition) is 4. The van der Waals surface area contributed by atoms with E-state index < -0.39 is 0 Å². The molecule has 0 amide bonds. The first-order valence-corrected chi connectivity index (χ1v) is 8.35.